The highest BCUT2D eigenvalue weighted by molar-refractivity contribution is 6.20. The average molecular weight is 406 g/mol. The summed E-state index contributed by atoms with van der Waals surface area (Å²) in [6, 6.07) is 39.5. The molecule has 0 aliphatic carbocycles. The van der Waals surface area contributed by atoms with E-state index in [-0.39, 0.29) is 0 Å². The summed E-state index contributed by atoms with van der Waals surface area (Å²) < 4.78 is 0. The predicted molar refractivity (Wildman–Crippen MR) is 137 cm³/mol. The second kappa shape index (κ2) is 6.63. The van der Waals surface area contributed by atoms with Crippen LogP contribution >= 0.6 is 0 Å². The topological polar surface area (TPSA) is 12.9 Å². The third kappa shape index (κ3) is 2.48. The van der Waals surface area contributed by atoms with Crippen molar-refractivity contribution in [2.75, 3.05) is 0 Å². The van der Waals surface area contributed by atoms with E-state index in [4.69, 9.17) is 4.98 Å². The molecular formula is C31H19N. The predicted octanol–water partition coefficient (Wildman–Crippen LogP) is 8.51. The first-order valence-electron chi connectivity index (χ1n) is 11.0. The van der Waals surface area contributed by atoms with Crippen molar-refractivity contribution in [1.29, 1.82) is 0 Å². The highest BCUT2D eigenvalue weighted by atomic mass is 14.7. The van der Waals surface area contributed by atoms with E-state index < -0.39 is 0 Å². The van der Waals surface area contributed by atoms with E-state index in [1.165, 1.54) is 59.6 Å². The van der Waals surface area contributed by atoms with Crippen molar-refractivity contribution in [3.63, 3.8) is 0 Å². The van der Waals surface area contributed by atoms with Crippen LogP contribution in [0, 0.1) is 0 Å². The molecule has 1 heteroatoms. The van der Waals surface area contributed by atoms with E-state index >= 15 is 0 Å². The Morgan fingerprint density at radius 2 is 1.03 bits per heavy atom. The summed E-state index contributed by atoms with van der Waals surface area (Å²) in [6.45, 7) is 0. The van der Waals surface area contributed by atoms with Crippen LogP contribution in [0.1, 0.15) is 0 Å². The van der Waals surface area contributed by atoms with Crippen molar-refractivity contribution >= 4 is 54.0 Å². The van der Waals surface area contributed by atoms with Gasteiger partial charge in [-0.1, -0.05) is 91.0 Å². The molecular weight excluding hydrogens is 386 g/mol. The van der Waals surface area contributed by atoms with Gasteiger partial charge in [0.2, 0.25) is 0 Å². The van der Waals surface area contributed by atoms with E-state index in [0.29, 0.717) is 0 Å². The molecule has 0 amide bonds. The first-order chi connectivity index (χ1) is 15.9. The smallest absolute Gasteiger partial charge is 0.0786 e. The summed E-state index contributed by atoms with van der Waals surface area (Å²) in [5.41, 5.74) is 3.46. The lowest BCUT2D eigenvalue weighted by atomic mass is 9.90. The molecule has 0 unspecified atom stereocenters. The summed E-state index contributed by atoms with van der Waals surface area (Å²) in [6.07, 6.45) is 1.90. The van der Waals surface area contributed by atoms with Crippen LogP contribution in [0.5, 0.6) is 0 Å². The zero-order valence-electron chi connectivity index (χ0n) is 17.4. The Kier molecular flexibility index (Phi) is 3.62. The van der Waals surface area contributed by atoms with Crippen LogP contribution in [0.3, 0.4) is 0 Å². The van der Waals surface area contributed by atoms with Gasteiger partial charge in [0.1, 0.15) is 0 Å². The molecule has 7 aromatic rings. The first-order valence-corrected chi connectivity index (χ1v) is 11.0. The van der Waals surface area contributed by atoms with Gasteiger partial charge in [0.05, 0.1) is 5.52 Å². The summed E-state index contributed by atoms with van der Waals surface area (Å²) in [4.78, 5) is 4.83. The largest absolute Gasteiger partial charge is 0.256 e. The normalized spacial score (nSPS) is 11.8. The molecule has 0 saturated heterocycles. The van der Waals surface area contributed by atoms with Gasteiger partial charge >= 0.3 is 0 Å². The summed E-state index contributed by atoms with van der Waals surface area (Å²) in [5.74, 6) is 0. The maximum atomic E-state index is 4.83. The SMILES string of the molecule is c1cnc2c(-c3ccc4ccc5ccccc5c4c3)c3ccc4ccccc4c3cc2c1. The molecule has 0 N–H and O–H groups in total. The summed E-state index contributed by atoms with van der Waals surface area (Å²) >= 11 is 0. The third-order valence-electron chi connectivity index (χ3n) is 6.65. The van der Waals surface area contributed by atoms with E-state index in [1.54, 1.807) is 0 Å². The number of pyridine rings is 1. The summed E-state index contributed by atoms with van der Waals surface area (Å²) in [7, 11) is 0. The molecule has 32 heavy (non-hydrogen) atoms. The van der Waals surface area contributed by atoms with Gasteiger partial charge in [-0.05, 0) is 66.9 Å². The number of nitrogens with zero attached hydrogens (tertiary/aromatic N) is 1. The van der Waals surface area contributed by atoms with Gasteiger partial charge in [-0.25, -0.2) is 0 Å². The van der Waals surface area contributed by atoms with Crippen molar-refractivity contribution in [3.8, 4) is 11.1 Å². The van der Waals surface area contributed by atoms with Crippen molar-refractivity contribution in [3.05, 3.63) is 115 Å². The lowest BCUT2D eigenvalue weighted by Gasteiger charge is -2.14. The molecule has 1 heterocycles. The van der Waals surface area contributed by atoms with Crippen molar-refractivity contribution < 1.29 is 0 Å². The molecule has 148 valence electrons. The monoisotopic (exact) mass is 405 g/mol. The fraction of sp³-hybridized carbons (Fsp3) is 0. The quantitative estimate of drug-likeness (QED) is 0.197. The second-order valence-electron chi connectivity index (χ2n) is 8.43. The molecule has 0 radical (unpaired) electrons. The zero-order valence-corrected chi connectivity index (χ0v) is 17.4. The molecule has 0 atom stereocenters. The molecule has 0 aliphatic heterocycles. The molecule has 1 nitrogen and oxygen atoms in total. The molecule has 0 fully saturated rings. The van der Waals surface area contributed by atoms with Gasteiger partial charge < -0.3 is 0 Å². The first kappa shape index (κ1) is 17.5. The minimum Gasteiger partial charge on any atom is -0.256 e. The molecule has 7 rings (SSSR count). The van der Waals surface area contributed by atoms with Crippen LogP contribution < -0.4 is 0 Å². The maximum Gasteiger partial charge on any atom is 0.0786 e. The van der Waals surface area contributed by atoms with Gasteiger partial charge in [-0.15, -0.1) is 0 Å². The fourth-order valence-corrected chi connectivity index (χ4v) is 5.15. The fourth-order valence-electron chi connectivity index (χ4n) is 5.15. The van der Waals surface area contributed by atoms with Crippen LogP contribution in [0.15, 0.2) is 115 Å². The number of aromatic nitrogens is 1. The van der Waals surface area contributed by atoms with Crippen LogP contribution in [-0.2, 0) is 0 Å². The standard InChI is InChI=1S/C31H19N/c1-3-9-25-20(6-1)11-12-22-13-14-23(18-28(22)25)30-27-16-15-21-7-2-4-10-26(21)29(27)19-24-8-5-17-32-31(24)30/h1-19H. The van der Waals surface area contributed by atoms with Crippen molar-refractivity contribution in [2.24, 2.45) is 0 Å². The van der Waals surface area contributed by atoms with E-state index in [0.717, 1.165) is 5.52 Å². The Balaban J connectivity index is 1.66. The average Bonchev–Trinajstić information content (AvgIpc) is 2.87. The van der Waals surface area contributed by atoms with Crippen molar-refractivity contribution in [2.45, 2.75) is 0 Å². The van der Waals surface area contributed by atoms with Crippen LogP contribution in [0.4, 0.5) is 0 Å². The molecule has 0 spiro atoms. The Bertz CT molecular complexity index is 1830. The molecule has 0 bridgehead atoms. The Labute approximate surface area is 185 Å². The van der Waals surface area contributed by atoms with Gasteiger partial charge in [-0.3, -0.25) is 4.98 Å². The summed E-state index contributed by atoms with van der Waals surface area (Å²) in [5, 5.41) is 11.3. The number of fused-ring (bicyclic) bond motifs is 7. The Hall–Kier alpha value is -4.23. The number of benzene rings is 6. The molecule has 0 saturated carbocycles. The van der Waals surface area contributed by atoms with E-state index in [1.807, 2.05) is 12.3 Å². The minimum absolute atomic E-state index is 1.05. The molecule has 0 aliphatic rings. The highest BCUT2D eigenvalue weighted by Gasteiger charge is 2.14. The molecule has 6 aromatic carbocycles. The Morgan fingerprint density at radius 1 is 0.406 bits per heavy atom. The number of hydrogen-bond donors (Lipinski definition) is 0. The highest BCUT2D eigenvalue weighted by Crippen LogP contribution is 2.40. The molecule has 1 aromatic heterocycles. The lowest BCUT2D eigenvalue weighted by molar-refractivity contribution is 1.42. The van der Waals surface area contributed by atoms with Gasteiger partial charge in [0, 0.05) is 17.1 Å². The third-order valence-corrected chi connectivity index (χ3v) is 6.65. The zero-order chi connectivity index (χ0) is 21.1. The lowest BCUT2D eigenvalue weighted by Crippen LogP contribution is -1.89. The van der Waals surface area contributed by atoms with Crippen molar-refractivity contribution in [1.82, 2.24) is 4.98 Å². The van der Waals surface area contributed by atoms with Gasteiger partial charge in [0.25, 0.3) is 0 Å². The number of rotatable bonds is 1. The van der Waals surface area contributed by atoms with E-state index in [2.05, 4.69) is 103 Å². The second-order valence-corrected chi connectivity index (χ2v) is 8.43. The minimum atomic E-state index is 1.05. The van der Waals surface area contributed by atoms with Gasteiger partial charge in [0.15, 0.2) is 0 Å². The van der Waals surface area contributed by atoms with E-state index in [9.17, 15) is 0 Å². The number of hydrogen-bond acceptors (Lipinski definition) is 1. The van der Waals surface area contributed by atoms with Crippen LogP contribution in [-0.4, -0.2) is 4.98 Å². The van der Waals surface area contributed by atoms with Crippen LogP contribution in [0.25, 0.3) is 65.1 Å². The maximum absolute atomic E-state index is 4.83. The van der Waals surface area contributed by atoms with Gasteiger partial charge in [-0.2, -0.15) is 0 Å². The Morgan fingerprint density at radius 3 is 1.84 bits per heavy atom. The van der Waals surface area contributed by atoms with Crippen LogP contribution in [0.2, 0.25) is 0 Å².